The first-order chi connectivity index (χ1) is 16.5. The van der Waals surface area contributed by atoms with Crippen LogP contribution in [0.2, 0.25) is 0 Å². The van der Waals surface area contributed by atoms with Crippen LogP contribution in [0.5, 0.6) is 5.75 Å². The second-order valence-corrected chi connectivity index (χ2v) is 9.85. The van der Waals surface area contributed by atoms with Gasteiger partial charge in [-0.3, -0.25) is 9.69 Å². The molecule has 0 aliphatic heterocycles. The lowest BCUT2D eigenvalue weighted by Crippen LogP contribution is -2.46. The molecule has 0 bridgehead atoms. The third-order valence-corrected chi connectivity index (χ3v) is 7.73. The number of fused-ring (bicyclic) bond motifs is 1. The predicted octanol–water partition coefficient (Wildman–Crippen LogP) is 6.07. The number of carbonyl (C=O) groups is 1. The topological polar surface area (TPSA) is 49.8 Å². The number of ether oxygens (including phenoxy) is 1. The van der Waals surface area contributed by atoms with Crippen molar-refractivity contribution in [1.29, 1.82) is 0 Å². The Hall–Kier alpha value is -3.11. The van der Waals surface area contributed by atoms with Gasteiger partial charge < -0.3 is 9.84 Å². The molecule has 4 heteroatoms. The Balaban J connectivity index is 1.16. The summed E-state index contributed by atoms with van der Waals surface area (Å²) in [4.78, 5) is 13.5. The van der Waals surface area contributed by atoms with Gasteiger partial charge in [0, 0.05) is 18.5 Å². The van der Waals surface area contributed by atoms with Crippen LogP contribution in [0.1, 0.15) is 47.6 Å². The summed E-state index contributed by atoms with van der Waals surface area (Å²) < 4.78 is 6.13. The first kappa shape index (κ1) is 22.7. The van der Waals surface area contributed by atoms with Gasteiger partial charge in [0.1, 0.15) is 5.75 Å². The second kappa shape index (κ2) is 9.63. The lowest BCUT2D eigenvalue weighted by atomic mass is 9.79. The van der Waals surface area contributed by atoms with Crippen molar-refractivity contribution >= 4 is 5.97 Å². The third-order valence-electron chi connectivity index (χ3n) is 7.73. The molecule has 1 fully saturated rings. The Morgan fingerprint density at radius 2 is 1.85 bits per heavy atom. The Morgan fingerprint density at radius 1 is 1.06 bits per heavy atom. The molecule has 2 aliphatic rings. The maximum absolute atomic E-state index is 11.1. The molecule has 5 rings (SSSR count). The molecule has 0 radical (unpaired) electrons. The zero-order valence-electron chi connectivity index (χ0n) is 20.0. The van der Waals surface area contributed by atoms with Gasteiger partial charge in [-0.2, -0.15) is 0 Å². The van der Waals surface area contributed by atoms with Crippen LogP contribution in [-0.4, -0.2) is 35.7 Å². The summed E-state index contributed by atoms with van der Waals surface area (Å²) in [5.74, 6) is 0.122. The van der Waals surface area contributed by atoms with E-state index in [0.717, 1.165) is 37.9 Å². The molecule has 1 N–H and O–H groups in total. The number of hydrogen-bond acceptors (Lipinski definition) is 3. The van der Waals surface area contributed by atoms with E-state index in [-0.39, 0.29) is 5.92 Å². The largest absolute Gasteiger partial charge is 0.493 e. The first-order valence-electron chi connectivity index (χ1n) is 12.3. The number of carboxylic acids is 1. The van der Waals surface area contributed by atoms with Gasteiger partial charge in [-0.05, 0) is 85.2 Å². The summed E-state index contributed by atoms with van der Waals surface area (Å²) >= 11 is 0. The lowest BCUT2D eigenvalue weighted by molar-refractivity contribution is -0.147. The van der Waals surface area contributed by atoms with Gasteiger partial charge in [-0.25, -0.2) is 0 Å². The fourth-order valence-electron chi connectivity index (χ4n) is 5.57. The minimum Gasteiger partial charge on any atom is -0.493 e. The molecule has 4 nitrogen and oxygen atoms in total. The summed E-state index contributed by atoms with van der Waals surface area (Å²) in [6.07, 6.45) is 4.56. The molecule has 2 aliphatic carbocycles. The van der Waals surface area contributed by atoms with Crippen molar-refractivity contribution in [2.24, 2.45) is 5.92 Å². The van der Waals surface area contributed by atoms with E-state index < -0.39 is 5.97 Å². The van der Waals surface area contributed by atoms with E-state index >= 15 is 0 Å². The standard InChI is InChI=1S/C30H33NO3/c1-20-16-21(8-11-27(20)22-6-4-3-5-7-22)14-15-34-26-10-12-28-23(19-26)9-13-29(28)31(2)25-17-24(18-25)30(32)33/h3-8,10-12,16,19,24-25,29H,9,13-15,17-18H2,1-2H3,(H,32,33)/t24-,25-,29?. The minimum atomic E-state index is -0.652. The van der Waals surface area contributed by atoms with Crippen LogP contribution in [0.25, 0.3) is 11.1 Å². The van der Waals surface area contributed by atoms with Crippen LogP contribution in [-0.2, 0) is 17.6 Å². The quantitative estimate of drug-likeness (QED) is 0.448. The Labute approximate surface area is 202 Å². The molecule has 0 spiro atoms. The van der Waals surface area contributed by atoms with E-state index in [0.29, 0.717) is 18.7 Å². The monoisotopic (exact) mass is 455 g/mol. The molecule has 1 saturated carbocycles. The lowest BCUT2D eigenvalue weighted by Gasteiger charge is -2.42. The SMILES string of the molecule is Cc1cc(CCOc2ccc3c(c2)CCC3N(C)[C@H]2C[C@H](C(=O)O)C2)ccc1-c1ccccc1. The van der Waals surface area contributed by atoms with Gasteiger partial charge in [0.25, 0.3) is 0 Å². The third kappa shape index (κ3) is 4.60. The average Bonchev–Trinajstić information content (AvgIpc) is 3.22. The van der Waals surface area contributed by atoms with Crippen molar-refractivity contribution in [3.8, 4) is 16.9 Å². The van der Waals surface area contributed by atoms with Crippen molar-refractivity contribution in [1.82, 2.24) is 4.90 Å². The van der Waals surface area contributed by atoms with Crippen molar-refractivity contribution in [3.05, 3.63) is 89.0 Å². The zero-order valence-corrected chi connectivity index (χ0v) is 20.0. The Morgan fingerprint density at radius 3 is 2.59 bits per heavy atom. The van der Waals surface area contributed by atoms with Gasteiger partial charge in [0.2, 0.25) is 0 Å². The van der Waals surface area contributed by atoms with E-state index in [9.17, 15) is 9.90 Å². The molecule has 0 amide bonds. The van der Waals surface area contributed by atoms with E-state index in [1.54, 1.807) is 0 Å². The number of nitrogens with zero attached hydrogens (tertiary/aromatic N) is 1. The van der Waals surface area contributed by atoms with Crippen molar-refractivity contribution in [2.75, 3.05) is 13.7 Å². The van der Waals surface area contributed by atoms with E-state index in [4.69, 9.17) is 4.74 Å². The van der Waals surface area contributed by atoms with Crippen LogP contribution in [0.15, 0.2) is 66.7 Å². The molecule has 1 unspecified atom stereocenters. The van der Waals surface area contributed by atoms with Crippen molar-refractivity contribution in [3.63, 3.8) is 0 Å². The smallest absolute Gasteiger partial charge is 0.306 e. The maximum atomic E-state index is 11.1. The summed E-state index contributed by atoms with van der Waals surface area (Å²) in [5.41, 5.74) is 7.86. The Bertz CT molecular complexity index is 1170. The van der Waals surface area contributed by atoms with E-state index in [1.807, 2.05) is 6.07 Å². The number of carboxylic acid groups (broad SMARTS) is 1. The average molecular weight is 456 g/mol. The Kier molecular flexibility index (Phi) is 6.42. The molecular formula is C30H33NO3. The number of aliphatic carboxylic acids is 1. The van der Waals surface area contributed by atoms with Gasteiger partial charge in [0.15, 0.2) is 0 Å². The number of hydrogen-bond donors (Lipinski definition) is 1. The van der Waals surface area contributed by atoms with Crippen molar-refractivity contribution < 1.29 is 14.6 Å². The minimum absolute atomic E-state index is 0.164. The molecule has 34 heavy (non-hydrogen) atoms. The zero-order chi connectivity index (χ0) is 23.7. The highest BCUT2D eigenvalue weighted by atomic mass is 16.5. The van der Waals surface area contributed by atoms with E-state index in [2.05, 4.69) is 79.5 Å². The number of rotatable bonds is 8. The normalized spacial score (nSPS) is 21.2. The molecule has 0 saturated heterocycles. The fraction of sp³-hybridized carbons (Fsp3) is 0.367. The highest BCUT2D eigenvalue weighted by Crippen LogP contribution is 2.42. The van der Waals surface area contributed by atoms with Crippen LogP contribution >= 0.6 is 0 Å². The van der Waals surface area contributed by atoms with Gasteiger partial charge in [-0.15, -0.1) is 0 Å². The highest BCUT2D eigenvalue weighted by Gasteiger charge is 2.40. The fourth-order valence-corrected chi connectivity index (χ4v) is 5.57. The molecule has 3 aromatic carbocycles. The van der Waals surface area contributed by atoms with E-state index in [1.165, 1.54) is 33.4 Å². The van der Waals surface area contributed by atoms with Crippen LogP contribution in [0.4, 0.5) is 0 Å². The van der Waals surface area contributed by atoms with Crippen LogP contribution in [0, 0.1) is 12.8 Å². The van der Waals surface area contributed by atoms with Crippen molar-refractivity contribution in [2.45, 2.75) is 51.1 Å². The van der Waals surface area contributed by atoms with Gasteiger partial charge in [0.05, 0.1) is 12.5 Å². The second-order valence-electron chi connectivity index (χ2n) is 9.85. The molecular weight excluding hydrogens is 422 g/mol. The highest BCUT2D eigenvalue weighted by molar-refractivity contribution is 5.71. The molecule has 176 valence electrons. The van der Waals surface area contributed by atoms with Crippen LogP contribution < -0.4 is 4.74 Å². The molecule has 0 aromatic heterocycles. The van der Waals surface area contributed by atoms with Gasteiger partial charge >= 0.3 is 5.97 Å². The summed E-state index contributed by atoms with van der Waals surface area (Å²) in [6.45, 7) is 2.83. The number of aryl methyl sites for hydroxylation is 2. The number of benzene rings is 3. The molecule has 3 aromatic rings. The molecule has 1 atom stereocenters. The predicted molar refractivity (Wildman–Crippen MR) is 135 cm³/mol. The van der Waals surface area contributed by atoms with Crippen LogP contribution in [0.3, 0.4) is 0 Å². The first-order valence-corrected chi connectivity index (χ1v) is 12.3. The maximum Gasteiger partial charge on any atom is 0.306 e. The summed E-state index contributed by atoms with van der Waals surface area (Å²) in [6, 6.07) is 24.5. The summed E-state index contributed by atoms with van der Waals surface area (Å²) in [5, 5.41) is 9.17. The molecule has 0 heterocycles. The summed E-state index contributed by atoms with van der Waals surface area (Å²) in [7, 11) is 2.15. The van der Waals surface area contributed by atoms with Gasteiger partial charge in [-0.1, -0.05) is 54.6 Å².